The zero-order valence-corrected chi connectivity index (χ0v) is 13.0. The number of guanidine groups is 1. The van der Waals surface area contributed by atoms with Gasteiger partial charge in [-0.15, -0.1) is 11.3 Å². The van der Waals surface area contributed by atoms with Gasteiger partial charge in [0.1, 0.15) is 0 Å². The molecular formula is C14H24N4S. The van der Waals surface area contributed by atoms with Crippen molar-refractivity contribution in [3.63, 3.8) is 0 Å². The van der Waals surface area contributed by atoms with Gasteiger partial charge in [0.15, 0.2) is 5.96 Å². The highest BCUT2D eigenvalue weighted by atomic mass is 32.1. The first-order valence-electron chi connectivity index (χ1n) is 7.05. The summed E-state index contributed by atoms with van der Waals surface area (Å²) in [7, 11) is 1.87. The van der Waals surface area contributed by atoms with Crippen molar-refractivity contribution in [1.29, 1.82) is 0 Å². The Morgan fingerprint density at radius 1 is 1.63 bits per heavy atom. The number of nitrogens with zero attached hydrogens (tertiary/aromatic N) is 3. The standard InChI is InChI=1S/C14H24N4S/c1-11-5-4-8-18(9-11)14(15-3)16-7-6-13-10-19-12(2)17-13/h10-11H,4-9H2,1-3H3,(H,15,16). The fourth-order valence-corrected chi connectivity index (χ4v) is 3.19. The summed E-state index contributed by atoms with van der Waals surface area (Å²) in [6.45, 7) is 7.52. The summed E-state index contributed by atoms with van der Waals surface area (Å²) in [5.74, 6) is 1.81. The molecule has 0 aliphatic carbocycles. The molecule has 0 spiro atoms. The molecule has 0 bridgehead atoms. The number of aromatic nitrogens is 1. The van der Waals surface area contributed by atoms with Gasteiger partial charge in [0, 0.05) is 38.5 Å². The number of nitrogens with one attached hydrogen (secondary N) is 1. The second-order valence-corrected chi connectivity index (χ2v) is 6.34. The van der Waals surface area contributed by atoms with Crippen LogP contribution in [0.5, 0.6) is 0 Å². The summed E-state index contributed by atoms with van der Waals surface area (Å²) in [5, 5.41) is 6.74. The van der Waals surface area contributed by atoms with Crippen LogP contribution in [0.15, 0.2) is 10.4 Å². The van der Waals surface area contributed by atoms with E-state index in [1.807, 2.05) is 7.05 Å². The average molecular weight is 280 g/mol. The zero-order chi connectivity index (χ0) is 13.7. The number of rotatable bonds is 3. The van der Waals surface area contributed by atoms with Gasteiger partial charge in [0.05, 0.1) is 10.7 Å². The van der Waals surface area contributed by atoms with E-state index in [0.29, 0.717) is 0 Å². The van der Waals surface area contributed by atoms with Gasteiger partial charge in [-0.1, -0.05) is 6.92 Å². The Hall–Kier alpha value is -1.10. The summed E-state index contributed by atoms with van der Waals surface area (Å²) in [6.07, 6.45) is 3.57. The minimum atomic E-state index is 0.772. The van der Waals surface area contributed by atoms with Crippen molar-refractivity contribution in [1.82, 2.24) is 15.2 Å². The molecule has 4 nitrogen and oxygen atoms in total. The van der Waals surface area contributed by atoms with E-state index in [9.17, 15) is 0 Å². The van der Waals surface area contributed by atoms with Crippen LogP contribution in [0.3, 0.4) is 0 Å². The van der Waals surface area contributed by atoms with E-state index < -0.39 is 0 Å². The molecule has 106 valence electrons. The third-order valence-electron chi connectivity index (χ3n) is 3.50. The predicted octanol–water partition coefficient (Wildman–Crippen LogP) is 2.30. The Morgan fingerprint density at radius 3 is 3.11 bits per heavy atom. The lowest BCUT2D eigenvalue weighted by molar-refractivity contribution is 0.266. The van der Waals surface area contributed by atoms with Crippen LogP contribution in [-0.2, 0) is 6.42 Å². The van der Waals surface area contributed by atoms with Gasteiger partial charge in [0.2, 0.25) is 0 Å². The highest BCUT2D eigenvalue weighted by Crippen LogP contribution is 2.15. The monoisotopic (exact) mass is 280 g/mol. The average Bonchev–Trinajstić information content (AvgIpc) is 2.80. The number of aliphatic imine (C=N–C) groups is 1. The van der Waals surface area contributed by atoms with Gasteiger partial charge in [0.25, 0.3) is 0 Å². The number of thiazole rings is 1. The first-order valence-corrected chi connectivity index (χ1v) is 7.93. The van der Waals surface area contributed by atoms with Crippen molar-refractivity contribution in [2.45, 2.75) is 33.1 Å². The van der Waals surface area contributed by atoms with Crippen molar-refractivity contribution in [2.24, 2.45) is 10.9 Å². The van der Waals surface area contributed by atoms with E-state index in [1.54, 1.807) is 11.3 Å². The van der Waals surface area contributed by atoms with Gasteiger partial charge in [-0.2, -0.15) is 0 Å². The van der Waals surface area contributed by atoms with E-state index in [0.717, 1.165) is 42.9 Å². The molecule has 1 unspecified atom stereocenters. The van der Waals surface area contributed by atoms with Gasteiger partial charge in [-0.05, 0) is 25.7 Å². The maximum absolute atomic E-state index is 4.48. The van der Waals surface area contributed by atoms with Crippen LogP contribution in [0.1, 0.15) is 30.5 Å². The maximum Gasteiger partial charge on any atom is 0.193 e. The van der Waals surface area contributed by atoms with Gasteiger partial charge in [-0.25, -0.2) is 4.98 Å². The molecule has 0 radical (unpaired) electrons. The van der Waals surface area contributed by atoms with Crippen molar-refractivity contribution in [3.8, 4) is 0 Å². The Kier molecular flexibility index (Phi) is 5.19. The van der Waals surface area contributed by atoms with E-state index in [4.69, 9.17) is 0 Å². The van der Waals surface area contributed by atoms with Crippen LogP contribution in [0.4, 0.5) is 0 Å². The predicted molar refractivity (Wildman–Crippen MR) is 81.9 cm³/mol. The summed E-state index contributed by atoms with van der Waals surface area (Å²) in [4.78, 5) is 11.3. The topological polar surface area (TPSA) is 40.5 Å². The molecule has 1 atom stereocenters. The molecule has 0 aromatic carbocycles. The molecule has 1 N–H and O–H groups in total. The molecule has 1 aromatic heterocycles. The first-order chi connectivity index (χ1) is 9.19. The molecule has 0 amide bonds. The Bertz CT molecular complexity index is 427. The summed E-state index contributed by atoms with van der Waals surface area (Å²) >= 11 is 1.72. The van der Waals surface area contributed by atoms with Crippen LogP contribution in [0, 0.1) is 12.8 Å². The molecule has 2 heterocycles. The van der Waals surface area contributed by atoms with E-state index >= 15 is 0 Å². The van der Waals surface area contributed by atoms with E-state index in [2.05, 4.69) is 39.4 Å². The molecule has 1 aromatic rings. The quantitative estimate of drug-likeness (QED) is 0.682. The molecule has 1 saturated heterocycles. The number of hydrogen-bond acceptors (Lipinski definition) is 3. The lowest BCUT2D eigenvalue weighted by atomic mass is 10.0. The zero-order valence-electron chi connectivity index (χ0n) is 12.1. The van der Waals surface area contributed by atoms with Crippen LogP contribution >= 0.6 is 11.3 Å². The van der Waals surface area contributed by atoms with Crippen LogP contribution in [0.25, 0.3) is 0 Å². The molecule has 19 heavy (non-hydrogen) atoms. The Labute approximate surface area is 120 Å². The third-order valence-corrected chi connectivity index (χ3v) is 4.32. The summed E-state index contributed by atoms with van der Waals surface area (Å²) < 4.78 is 0. The normalized spacial score (nSPS) is 20.7. The van der Waals surface area contributed by atoms with Gasteiger partial charge >= 0.3 is 0 Å². The van der Waals surface area contributed by atoms with Crippen molar-refractivity contribution in [3.05, 3.63) is 16.1 Å². The van der Waals surface area contributed by atoms with Gasteiger partial charge in [-0.3, -0.25) is 4.99 Å². The number of hydrogen-bond donors (Lipinski definition) is 1. The second-order valence-electron chi connectivity index (χ2n) is 5.28. The highest BCUT2D eigenvalue weighted by molar-refractivity contribution is 7.09. The SMILES string of the molecule is CN=C(NCCc1csc(C)n1)N1CCCC(C)C1. The number of likely N-dealkylation sites (tertiary alicyclic amines) is 1. The fraction of sp³-hybridized carbons (Fsp3) is 0.714. The third kappa shape index (κ3) is 4.20. The highest BCUT2D eigenvalue weighted by Gasteiger charge is 2.18. The maximum atomic E-state index is 4.48. The van der Waals surface area contributed by atoms with Crippen molar-refractivity contribution < 1.29 is 0 Å². The lowest BCUT2D eigenvalue weighted by Crippen LogP contribution is -2.46. The molecule has 5 heteroatoms. The largest absolute Gasteiger partial charge is 0.356 e. The number of piperidine rings is 1. The van der Waals surface area contributed by atoms with Crippen molar-refractivity contribution in [2.75, 3.05) is 26.7 Å². The van der Waals surface area contributed by atoms with Crippen LogP contribution < -0.4 is 5.32 Å². The lowest BCUT2D eigenvalue weighted by Gasteiger charge is -2.33. The van der Waals surface area contributed by atoms with Crippen LogP contribution in [0.2, 0.25) is 0 Å². The minimum Gasteiger partial charge on any atom is -0.356 e. The van der Waals surface area contributed by atoms with Crippen molar-refractivity contribution >= 4 is 17.3 Å². The molecule has 1 aliphatic heterocycles. The second kappa shape index (κ2) is 6.89. The first kappa shape index (κ1) is 14.3. The molecule has 0 saturated carbocycles. The number of aryl methyl sites for hydroxylation is 1. The van der Waals surface area contributed by atoms with Gasteiger partial charge < -0.3 is 10.2 Å². The molecular weight excluding hydrogens is 256 g/mol. The molecule has 2 rings (SSSR count). The summed E-state index contributed by atoms with van der Waals surface area (Å²) in [5.41, 5.74) is 1.18. The van der Waals surface area contributed by atoms with E-state index in [-0.39, 0.29) is 0 Å². The van der Waals surface area contributed by atoms with E-state index in [1.165, 1.54) is 18.5 Å². The minimum absolute atomic E-state index is 0.772. The summed E-state index contributed by atoms with van der Waals surface area (Å²) in [6, 6.07) is 0. The molecule has 1 aliphatic rings. The smallest absolute Gasteiger partial charge is 0.193 e. The Morgan fingerprint density at radius 2 is 2.47 bits per heavy atom. The molecule has 1 fully saturated rings. The Balaban J connectivity index is 1.79. The van der Waals surface area contributed by atoms with Crippen LogP contribution in [-0.4, -0.2) is 42.5 Å². The fourth-order valence-electron chi connectivity index (χ4n) is 2.54.